The Balaban J connectivity index is 1.39. The van der Waals surface area contributed by atoms with Gasteiger partial charge in [-0.3, -0.25) is 14.5 Å². The molecule has 2 aliphatic heterocycles. The highest BCUT2D eigenvalue weighted by atomic mass is 19.3. The summed E-state index contributed by atoms with van der Waals surface area (Å²) in [4.78, 5) is 37.9. The second-order valence-electron chi connectivity index (χ2n) is 9.71. The van der Waals surface area contributed by atoms with Gasteiger partial charge in [0.15, 0.2) is 11.6 Å². The Morgan fingerprint density at radius 3 is 2.26 bits per heavy atom. The van der Waals surface area contributed by atoms with Gasteiger partial charge in [0.2, 0.25) is 0 Å². The number of carbonyl (C=O) groups excluding carboxylic acids is 3. The van der Waals surface area contributed by atoms with E-state index in [1.807, 2.05) is 5.32 Å². The number of piperidine rings is 1. The van der Waals surface area contributed by atoms with Crippen molar-refractivity contribution >= 4 is 29.3 Å². The van der Waals surface area contributed by atoms with Crippen LogP contribution >= 0.6 is 0 Å². The highest BCUT2D eigenvalue weighted by Crippen LogP contribution is 2.54. The maximum atomic E-state index is 14.9. The molecule has 0 radical (unpaired) electrons. The number of hydrogen-bond acceptors (Lipinski definition) is 6. The lowest BCUT2D eigenvalue weighted by atomic mass is 10.1. The topological polar surface area (TPSA) is 88.2 Å². The zero-order valence-electron chi connectivity index (χ0n) is 18.8. The first-order chi connectivity index (χ1) is 15.9. The molecule has 2 saturated heterocycles. The van der Waals surface area contributed by atoms with Crippen LogP contribution in [0.25, 0.3) is 0 Å². The molecular weight excluding hydrogens is 462 g/mol. The summed E-state index contributed by atoms with van der Waals surface area (Å²) in [5, 5.41) is 1.94. The van der Waals surface area contributed by atoms with Gasteiger partial charge < -0.3 is 19.7 Å². The summed E-state index contributed by atoms with van der Waals surface area (Å²) < 4.78 is 64.8. The maximum Gasteiger partial charge on any atom is 0.414 e. The van der Waals surface area contributed by atoms with Gasteiger partial charge in [-0.1, -0.05) is 0 Å². The van der Waals surface area contributed by atoms with Crippen LogP contribution in [0.2, 0.25) is 0 Å². The summed E-state index contributed by atoms with van der Waals surface area (Å²) in [6.07, 6.45) is -5.07. The molecule has 3 unspecified atom stereocenters. The van der Waals surface area contributed by atoms with Gasteiger partial charge >= 0.3 is 18.5 Å². The number of amides is 2. The van der Waals surface area contributed by atoms with E-state index in [4.69, 9.17) is 9.47 Å². The molecule has 1 aliphatic carbocycles. The third-order valence-corrected chi connectivity index (χ3v) is 6.08. The van der Waals surface area contributed by atoms with Crippen molar-refractivity contribution in [3.8, 4) is 0 Å². The summed E-state index contributed by atoms with van der Waals surface area (Å²) in [5.41, 5.74) is -0.944. The molecule has 3 fully saturated rings. The minimum Gasteiger partial charge on any atom is -0.460 e. The zero-order valence-corrected chi connectivity index (χ0v) is 18.8. The van der Waals surface area contributed by atoms with Crippen LogP contribution in [0.4, 0.5) is 33.7 Å². The molecule has 4 rings (SSSR count). The van der Waals surface area contributed by atoms with E-state index in [9.17, 15) is 31.9 Å². The van der Waals surface area contributed by atoms with E-state index in [1.54, 1.807) is 20.8 Å². The van der Waals surface area contributed by atoms with Crippen LogP contribution in [-0.4, -0.2) is 62.3 Å². The molecule has 12 heteroatoms. The second kappa shape index (κ2) is 8.62. The van der Waals surface area contributed by atoms with Crippen molar-refractivity contribution in [3.05, 3.63) is 23.8 Å². The van der Waals surface area contributed by atoms with Crippen LogP contribution < -0.4 is 15.1 Å². The average Bonchev–Trinajstić information content (AvgIpc) is 3.02. The fraction of sp³-hybridized carbons (Fsp3) is 0.591. The van der Waals surface area contributed by atoms with E-state index in [0.717, 1.165) is 17.0 Å². The lowest BCUT2D eigenvalue weighted by Crippen LogP contribution is -2.37. The van der Waals surface area contributed by atoms with Gasteiger partial charge in [-0.2, -0.15) is 8.78 Å². The number of benzene rings is 1. The molecule has 2 amide bonds. The standard InChI is InChI=1S/C22H25F4N3O5/c1-22(2,3)34-20(31)16-12-8-28(9-13(12)16)17-14(23)4-10(5-15(17)24)29-7-11(33-21(29)32)6-27-19(30)18(25)26/h4-5,11-13,16,18H,6-9H2,1-3H3,(H,27,30). The molecule has 3 atom stereocenters. The predicted molar refractivity (Wildman–Crippen MR) is 112 cm³/mol. The zero-order chi connectivity index (χ0) is 24.9. The molecule has 1 aromatic carbocycles. The van der Waals surface area contributed by atoms with Crippen molar-refractivity contribution < 1.29 is 41.4 Å². The number of rotatable bonds is 6. The minimum atomic E-state index is -3.21. The number of anilines is 2. The lowest BCUT2D eigenvalue weighted by Gasteiger charge is -2.25. The summed E-state index contributed by atoms with van der Waals surface area (Å²) in [6, 6.07) is 1.99. The van der Waals surface area contributed by atoms with E-state index in [-0.39, 0.29) is 48.2 Å². The highest BCUT2D eigenvalue weighted by Gasteiger charge is 2.61. The third-order valence-electron chi connectivity index (χ3n) is 6.08. The smallest absolute Gasteiger partial charge is 0.414 e. The number of hydrogen-bond donors (Lipinski definition) is 1. The van der Waals surface area contributed by atoms with Gasteiger partial charge in [0.05, 0.1) is 24.7 Å². The van der Waals surface area contributed by atoms with E-state index in [1.165, 1.54) is 4.90 Å². The van der Waals surface area contributed by atoms with Gasteiger partial charge in [0.25, 0.3) is 5.91 Å². The molecule has 1 saturated carbocycles. The Kier molecular flexibility index (Phi) is 6.11. The molecule has 1 N–H and O–H groups in total. The molecule has 2 heterocycles. The fourth-order valence-corrected chi connectivity index (χ4v) is 4.57. The number of esters is 1. The van der Waals surface area contributed by atoms with Crippen LogP contribution in [0.15, 0.2) is 12.1 Å². The van der Waals surface area contributed by atoms with Crippen molar-refractivity contribution in [2.75, 3.05) is 36.0 Å². The number of nitrogens with one attached hydrogen (secondary N) is 1. The van der Waals surface area contributed by atoms with Crippen molar-refractivity contribution in [2.24, 2.45) is 17.8 Å². The van der Waals surface area contributed by atoms with Crippen molar-refractivity contribution in [1.29, 1.82) is 0 Å². The molecule has 186 valence electrons. The SMILES string of the molecule is CC(C)(C)OC(=O)C1C2CN(c3c(F)cc(N4CC(CNC(=O)C(F)F)OC4=O)cc3F)CC21. The van der Waals surface area contributed by atoms with Gasteiger partial charge in [0.1, 0.15) is 17.4 Å². The van der Waals surface area contributed by atoms with E-state index >= 15 is 0 Å². The van der Waals surface area contributed by atoms with Crippen LogP contribution in [0.1, 0.15) is 20.8 Å². The first-order valence-electron chi connectivity index (χ1n) is 10.9. The number of fused-ring (bicyclic) bond motifs is 1. The Hall–Kier alpha value is -3.05. The average molecular weight is 487 g/mol. The molecule has 0 aromatic heterocycles. The van der Waals surface area contributed by atoms with Gasteiger partial charge in [-0.25, -0.2) is 13.6 Å². The van der Waals surface area contributed by atoms with Crippen LogP contribution in [-0.2, 0) is 19.1 Å². The maximum absolute atomic E-state index is 14.9. The summed E-state index contributed by atoms with van der Waals surface area (Å²) in [7, 11) is 0. The summed E-state index contributed by atoms with van der Waals surface area (Å²) >= 11 is 0. The molecule has 3 aliphatic rings. The van der Waals surface area contributed by atoms with Gasteiger partial charge in [-0.15, -0.1) is 0 Å². The number of alkyl halides is 2. The number of ether oxygens (including phenoxy) is 2. The van der Waals surface area contributed by atoms with Crippen molar-refractivity contribution in [2.45, 2.75) is 38.9 Å². The molecule has 34 heavy (non-hydrogen) atoms. The normalized spacial score (nSPS) is 25.9. The van der Waals surface area contributed by atoms with Crippen molar-refractivity contribution in [3.63, 3.8) is 0 Å². The highest BCUT2D eigenvalue weighted by molar-refractivity contribution is 5.90. The predicted octanol–water partition coefficient (Wildman–Crippen LogP) is 2.70. The molecule has 0 spiro atoms. The Morgan fingerprint density at radius 2 is 1.74 bits per heavy atom. The molecule has 0 bridgehead atoms. The first kappa shape index (κ1) is 24.1. The van der Waals surface area contributed by atoms with Crippen molar-refractivity contribution in [1.82, 2.24) is 5.32 Å². The minimum absolute atomic E-state index is 0.0360. The van der Waals surface area contributed by atoms with Gasteiger partial charge in [-0.05, 0) is 32.6 Å². The van der Waals surface area contributed by atoms with E-state index in [2.05, 4.69) is 0 Å². The fourth-order valence-electron chi connectivity index (χ4n) is 4.57. The molecule has 8 nitrogen and oxygen atoms in total. The van der Waals surface area contributed by atoms with Crippen LogP contribution in [0.3, 0.4) is 0 Å². The Labute approximate surface area is 193 Å². The van der Waals surface area contributed by atoms with E-state index < -0.39 is 41.8 Å². The number of halogens is 4. The van der Waals surface area contributed by atoms with E-state index in [0.29, 0.717) is 13.1 Å². The second-order valence-corrected chi connectivity index (χ2v) is 9.71. The molecular formula is C22H25F4N3O5. The Morgan fingerprint density at radius 1 is 1.15 bits per heavy atom. The van der Waals surface area contributed by atoms with Gasteiger partial charge in [0, 0.05) is 25.2 Å². The number of carbonyl (C=O) groups is 3. The first-order valence-corrected chi connectivity index (χ1v) is 10.9. The van der Waals surface area contributed by atoms with Crippen LogP contribution in [0, 0.1) is 29.4 Å². The number of cyclic esters (lactones) is 1. The summed E-state index contributed by atoms with van der Waals surface area (Å²) in [5.74, 6) is -3.92. The van der Waals surface area contributed by atoms with Crippen LogP contribution in [0.5, 0.6) is 0 Å². The summed E-state index contributed by atoms with van der Waals surface area (Å²) in [6.45, 7) is 5.41. The Bertz CT molecular complexity index is 980. The lowest BCUT2D eigenvalue weighted by molar-refractivity contribution is -0.157. The largest absolute Gasteiger partial charge is 0.460 e. The quantitative estimate of drug-likeness (QED) is 0.491. The third kappa shape index (κ3) is 4.76. The number of nitrogens with zero attached hydrogens (tertiary/aromatic N) is 2. The monoisotopic (exact) mass is 487 g/mol. The molecule has 1 aromatic rings.